The van der Waals surface area contributed by atoms with Crippen LogP contribution in [0.1, 0.15) is 49.8 Å². The standard InChI is InChI=1S/C25H32N6O/c1-6-7-23(17(2)18(3)25-28-10-8-24(32)30(25)5)31-11-9-22-20(16-31)12-19(15-29-22)21(13-26)14-27-4/h7-8,10,12-15H,6,9,11,16,26H2,1-5H3/b18-17-,21-13+,23-7-,27-14?. The fourth-order valence-corrected chi connectivity index (χ4v) is 4.04. The van der Waals surface area contributed by atoms with Gasteiger partial charge >= 0.3 is 0 Å². The van der Waals surface area contributed by atoms with Crippen molar-refractivity contribution in [1.82, 2.24) is 19.4 Å². The van der Waals surface area contributed by atoms with Gasteiger partial charge in [0.05, 0.1) is 0 Å². The molecule has 0 saturated carbocycles. The minimum Gasteiger partial charge on any atom is -0.404 e. The molecule has 0 aliphatic carbocycles. The van der Waals surface area contributed by atoms with E-state index in [0.717, 1.165) is 53.9 Å². The molecule has 0 aromatic carbocycles. The first-order chi connectivity index (χ1) is 15.4. The Kier molecular flexibility index (Phi) is 7.41. The molecule has 2 N–H and O–H groups in total. The van der Waals surface area contributed by atoms with E-state index in [1.165, 1.54) is 17.3 Å². The van der Waals surface area contributed by atoms with Crippen LogP contribution >= 0.6 is 0 Å². The van der Waals surface area contributed by atoms with Crippen LogP contribution in [-0.4, -0.2) is 39.2 Å². The molecule has 2 aromatic rings. The van der Waals surface area contributed by atoms with Crippen LogP contribution < -0.4 is 11.3 Å². The molecular formula is C25H32N6O. The van der Waals surface area contributed by atoms with Crippen molar-refractivity contribution in [3.05, 3.63) is 81.1 Å². The van der Waals surface area contributed by atoms with Crippen molar-refractivity contribution in [1.29, 1.82) is 0 Å². The summed E-state index contributed by atoms with van der Waals surface area (Å²) < 4.78 is 1.60. The van der Waals surface area contributed by atoms with Gasteiger partial charge < -0.3 is 10.6 Å². The van der Waals surface area contributed by atoms with Crippen LogP contribution in [-0.2, 0) is 20.0 Å². The summed E-state index contributed by atoms with van der Waals surface area (Å²) in [5.74, 6) is 0.690. The predicted molar refractivity (Wildman–Crippen MR) is 131 cm³/mol. The molecule has 1 aliphatic rings. The molecule has 7 nitrogen and oxygen atoms in total. The third-order valence-corrected chi connectivity index (χ3v) is 5.90. The molecule has 0 fully saturated rings. The maximum Gasteiger partial charge on any atom is 0.253 e. The monoisotopic (exact) mass is 432 g/mol. The van der Waals surface area contributed by atoms with E-state index >= 15 is 0 Å². The quantitative estimate of drug-likeness (QED) is 0.559. The Balaban J connectivity index is 1.98. The lowest BCUT2D eigenvalue weighted by atomic mass is 9.98. The van der Waals surface area contributed by atoms with Crippen LogP contribution in [0.2, 0.25) is 0 Å². The number of nitrogens with zero attached hydrogens (tertiary/aromatic N) is 5. The van der Waals surface area contributed by atoms with Gasteiger partial charge in [-0.1, -0.05) is 13.0 Å². The van der Waals surface area contributed by atoms with Gasteiger partial charge in [0.2, 0.25) is 0 Å². The summed E-state index contributed by atoms with van der Waals surface area (Å²) in [6.45, 7) is 7.91. The summed E-state index contributed by atoms with van der Waals surface area (Å²) in [6, 6.07) is 3.64. The average Bonchev–Trinajstić information content (AvgIpc) is 2.81. The number of aliphatic imine (C=N–C) groups is 1. The summed E-state index contributed by atoms with van der Waals surface area (Å²) >= 11 is 0. The first kappa shape index (κ1) is 23.2. The molecule has 32 heavy (non-hydrogen) atoms. The maximum absolute atomic E-state index is 12.1. The number of hydrogen-bond acceptors (Lipinski definition) is 6. The second kappa shape index (κ2) is 10.2. The highest BCUT2D eigenvalue weighted by atomic mass is 16.1. The van der Waals surface area contributed by atoms with Crippen molar-refractivity contribution in [3.8, 4) is 0 Å². The Labute approximate surface area is 189 Å². The molecule has 2 aromatic heterocycles. The Hall–Kier alpha value is -3.48. The van der Waals surface area contributed by atoms with Gasteiger partial charge in [-0.2, -0.15) is 0 Å². The topological polar surface area (TPSA) is 89.4 Å². The number of aromatic nitrogens is 3. The molecule has 7 heteroatoms. The number of pyridine rings is 1. The Morgan fingerprint density at radius 2 is 2.09 bits per heavy atom. The third kappa shape index (κ3) is 4.72. The summed E-state index contributed by atoms with van der Waals surface area (Å²) in [5.41, 5.74) is 13.1. The highest BCUT2D eigenvalue weighted by Gasteiger charge is 2.22. The molecule has 0 spiro atoms. The van der Waals surface area contributed by atoms with Crippen molar-refractivity contribution >= 4 is 17.4 Å². The molecule has 1 aliphatic heterocycles. The first-order valence-electron chi connectivity index (χ1n) is 10.9. The van der Waals surface area contributed by atoms with Crippen LogP contribution in [0.3, 0.4) is 0 Å². The van der Waals surface area contributed by atoms with E-state index in [9.17, 15) is 4.79 Å². The van der Waals surface area contributed by atoms with Crippen LogP contribution in [0.15, 0.2) is 57.9 Å². The molecule has 3 rings (SSSR count). The fraction of sp³-hybridized carbons (Fsp3) is 0.360. The summed E-state index contributed by atoms with van der Waals surface area (Å²) in [5, 5.41) is 0. The Bertz CT molecular complexity index is 1170. The average molecular weight is 433 g/mol. The smallest absolute Gasteiger partial charge is 0.253 e. The van der Waals surface area contributed by atoms with Gasteiger partial charge in [-0.05, 0) is 43.0 Å². The fourth-order valence-electron chi connectivity index (χ4n) is 4.04. The van der Waals surface area contributed by atoms with Crippen molar-refractivity contribution in [3.63, 3.8) is 0 Å². The van der Waals surface area contributed by atoms with E-state index in [0.29, 0.717) is 5.82 Å². The van der Waals surface area contributed by atoms with Crippen LogP contribution in [0, 0.1) is 0 Å². The number of nitrogens with two attached hydrogens (primary N) is 1. The molecule has 0 atom stereocenters. The van der Waals surface area contributed by atoms with E-state index in [-0.39, 0.29) is 5.56 Å². The molecule has 3 heterocycles. The van der Waals surface area contributed by atoms with Gasteiger partial charge in [0.25, 0.3) is 5.56 Å². The zero-order valence-electron chi connectivity index (χ0n) is 19.6. The van der Waals surface area contributed by atoms with Crippen molar-refractivity contribution in [2.75, 3.05) is 13.6 Å². The summed E-state index contributed by atoms with van der Waals surface area (Å²) in [4.78, 5) is 27.7. The predicted octanol–water partition coefficient (Wildman–Crippen LogP) is 3.32. The lowest BCUT2D eigenvalue weighted by Gasteiger charge is -2.33. The number of fused-ring (bicyclic) bond motifs is 1. The van der Waals surface area contributed by atoms with Gasteiger partial charge in [-0.3, -0.25) is 19.3 Å². The van der Waals surface area contributed by atoms with Gasteiger partial charge in [0.15, 0.2) is 0 Å². The maximum atomic E-state index is 12.1. The van der Waals surface area contributed by atoms with E-state index in [1.807, 2.05) is 13.1 Å². The molecule has 168 valence electrons. The van der Waals surface area contributed by atoms with E-state index in [4.69, 9.17) is 10.7 Å². The Morgan fingerprint density at radius 3 is 2.78 bits per heavy atom. The first-order valence-corrected chi connectivity index (χ1v) is 10.9. The van der Waals surface area contributed by atoms with Gasteiger partial charge in [0, 0.05) is 87.0 Å². The molecule has 0 unspecified atom stereocenters. The highest BCUT2D eigenvalue weighted by Crippen LogP contribution is 2.29. The minimum atomic E-state index is -0.0620. The zero-order chi connectivity index (χ0) is 23.3. The second-order valence-electron chi connectivity index (χ2n) is 7.92. The minimum absolute atomic E-state index is 0.0620. The SMILES string of the molecule is CC/C=C(/C(C)=C(/C)c1nccc(=O)n1C)N1CCc2ncc(/C(C=NC)=C/N)cc2C1. The van der Waals surface area contributed by atoms with Gasteiger partial charge in [-0.25, -0.2) is 4.98 Å². The van der Waals surface area contributed by atoms with E-state index in [2.05, 4.69) is 40.9 Å². The largest absolute Gasteiger partial charge is 0.404 e. The number of hydrogen-bond donors (Lipinski definition) is 1. The van der Waals surface area contributed by atoms with Gasteiger partial charge in [-0.15, -0.1) is 0 Å². The van der Waals surface area contributed by atoms with Crippen LogP contribution in [0.25, 0.3) is 11.1 Å². The van der Waals surface area contributed by atoms with Crippen molar-refractivity contribution in [2.45, 2.75) is 40.2 Å². The second-order valence-corrected chi connectivity index (χ2v) is 7.92. The van der Waals surface area contributed by atoms with E-state index < -0.39 is 0 Å². The zero-order valence-corrected chi connectivity index (χ0v) is 19.6. The third-order valence-electron chi connectivity index (χ3n) is 5.90. The summed E-state index contributed by atoms with van der Waals surface area (Å²) in [6.07, 6.45) is 10.8. The Morgan fingerprint density at radius 1 is 1.31 bits per heavy atom. The number of rotatable bonds is 6. The summed E-state index contributed by atoms with van der Waals surface area (Å²) in [7, 11) is 3.49. The molecule has 0 radical (unpaired) electrons. The highest BCUT2D eigenvalue weighted by molar-refractivity contribution is 6.09. The molecular weight excluding hydrogens is 400 g/mol. The van der Waals surface area contributed by atoms with Crippen LogP contribution in [0.4, 0.5) is 0 Å². The molecule has 0 bridgehead atoms. The van der Waals surface area contributed by atoms with Gasteiger partial charge in [0.1, 0.15) is 5.82 Å². The lowest BCUT2D eigenvalue weighted by molar-refractivity contribution is 0.324. The lowest BCUT2D eigenvalue weighted by Crippen LogP contribution is -2.31. The number of allylic oxidation sites excluding steroid dienone is 4. The normalized spacial score (nSPS) is 15.7. The molecule has 0 amide bonds. The molecule has 0 saturated heterocycles. The van der Waals surface area contributed by atoms with Crippen LogP contribution in [0.5, 0.6) is 0 Å². The van der Waals surface area contributed by atoms with Crippen molar-refractivity contribution in [2.24, 2.45) is 17.8 Å². The van der Waals surface area contributed by atoms with E-state index in [1.54, 1.807) is 37.3 Å². The van der Waals surface area contributed by atoms with Crippen molar-refractivity contribution < 1.29 is 0 Å².